The second-order valence-electron chi connectivity index (χ2n) is 3.77. The van der Waals surface area contributed by atoms with E-state index >= 15 is 0 Å². The summed E-state index contributed by atoms with van der Waals surface area (Å²) in [5, 5.41) is 3.22. The lowest BCUT2D eigenvalue weighted by atomic mass is 9.98. The van der Waals surface area contributed by atoms with Crippen molar-refractivity contribution >= 4 is 35.0 Å². The Bertz CT molecular complexity index is 459. The highest BCUT2D eigenvalue weighted by atomic mass is 35.5. The summed E-state index contributed by atoms with van der Waals surface area (Å²) in [5.41, 5.74) is 0.907. The van der Waals surface area contributed by atoms with Crippen molar-refractivity contribution < 1.29 is 9.59 Å². The van der Waals surface area contributed by atoms with Crippen LogP contribution in [0.5, 0.6) is 0 Å². The molecule has 1 atom stereocenters. The summed E-state index contributed by atoms with van der Waals surface area (Å²) in [6, 6.07) is 5.22. The Morgan fingerprint density at radius 3 is 2.56 bits per heavy atom. The molecule has 1 saturated heterocycles. The van der Waals surface area contributed by atoms with Gasteiger partial charge in [0.2, 0.25) is 11.8 Å². The van der Waals surface area contributed by atoms with Crippen LogP contribution in [0.1, 0.15) is 12.0 Å². The lowest BCUT2D eigenvalue weighted by Crippen LogP contribution is -2.22. The topological polar surface area (TPSA) is 46.2 Å². The van der Waals surface area contributed by atoms with Crippen LogP contribution in [0.2, 0.25) is 10.0 Å². The number of benzene rings is 1. The SMILES string of the molecule is O=C1CC(Cc2ccc(Cl)c(Cl)c2)C(=O)N1. The first kappa shape index (κ1) is 11.4. The van der Waals surface area contributed by atoms with E-state index in [-0.39, 0.29) is 24.2 Å². The minimum absolute atomic E-state index is 0.212. The molecule has 1 unspecified atom stereocenters. The van der Waals surface area contributed by atoms with E-state index in [9.17, 15) is 9.59 Å². The maximum atomic E-state index is 11.3. The third-order valence-corrected chi connectivity index (χ3v) is 3.27. The molecule has 0 spiro atoms. The van der Waals surface area contributed by atoms with Gasteiger partial charge in [0.05, 0.1) is 16.0 Å². The second kappa shape index (κ2) is 4.44. The van der Waals surface area contributed by atoms with Crippen molar-refractivity contribution in [1.29, 1.82) is 0 Å². The molecule has 0 aliphatic carbocycles. The zero-order chi connectivity index (χ0) is 11.7. The van der Waals surface area contributed by atoms with Crippen molar-refractivity contribution in [2.24, 2.45) is 5.92 Å². The molecule has 1 aromatic carbocycles. The average molecular weight is 258 g/mol. The van der Waals surface area contributed by atoms with Gasteiger partial charge < -0.3 is 0 Å². The summed E-state index contributed by atoms with van der Waals surface area (Å²) in [6.45, 7) is 0. The summed E-state index contributed by atoms with van der Waals surface area (Å²) < 4.78 is 0. The Labute approximate surface area is 103 Å². The van der Waals surface area contributed by atoms with Gasteiger partial charge in [0, 0.05) is 6.42 Å². The van der Waals surface area contributed by atoms with Gasteiger partial charge in [0.1, 0.15) is 0 Å². The first-order chi connectivity index (χ1) is 7.56. The second-order valence-corrected chi connectivity index (χ2v) is 4.58. The summed E-state index contributed by atoms with van der Waals surface area (Å²) in [4.78, 5) is 22.3. The third kappa shape index (κ3) is 2.36. The zero-order valence-corrected chi connectivity index (χ0v) is 9.81. The molecule has 0 radical (unpaired) electrons. The Kier molecular flexibility index (Phi) is 3.17. The van der Waals surface area contributed by atoms with Crippen molar-refractivity contribution in [2.45, 2.75) is 12.8 Å². The van der Waals surface area contributed by atoms with Gasteiger partial charge in [-0.15, -0.1) is 0 Å². The van der Waals surface area contributed by atoms with Gasteiger partial charge >= 0.3 is 0 Å². The zero-order valence-electron chi connectivity index (χ0n) is 8.30. The Morgan fingerprint density at radius 1 is 1.25 bits per heavy atom. The van der Waals surface area contributed by atoms with Crippen molar-refractivity contribution in [3.8, 4) is 0 Å². The molecule has 1 aliphatic rings. The first-order valence-corrected chi connectivity index (χ1v) is 5.59. The number of hydrogen-bond donors (Lipinski definition) is 1. The van der Waals surface area contributed by atoms with Crippen molar-refractivity contribution in [3.63, 3.8) is 0 Å². The first-order valence-electron chi connectivity index (χ1n) is 4.84. The van der Waals surface area contributed by atoms with Crippen molar-refractivity contribution in [3.05, 3.63) is 33.8 Å². The van der Waals surface area contributed by atoms with Gasteiger partial charge in [0.15, 0.2) is 0 Å². The number of carbonyl (C=O) groups is 2. The number of imide groups is 1. The largest absolute Gasteiger partial charge is 0.296 e. The quantitative estimate of drug-likeness (QED) is 0.826. The molecule has 2 amide bonds. The fourth-order valence-corrected chi connectivity index (χ4v) is 2.04. The Morgan fingerprint density at radius 2 is 2.00 bits per heavy atom. The summed E-state index contributed by atoms with van der Waals surface area (Å²) in [5.74, 6) is -0.712. The molecule has 1 heterocycles. The molecule has 84 valence electrons. The van der Waals surface area contributed by atoms with Gasteiger partial charge in [-0.25, -0.2) is 0 Å². The van der Waals surface area contributed by atoms with E-state index in [0.29, 0.717) is 16.5 Å². The predicted molar refractivity (Wildman–Crippen MR) is 61.4 cm³/mol. The maximum Gasteiger partial charge on any atom is 0.230 e. The van der Waals surface area contributed by atoms with E-state index in [1.807, 2.05) is 6.07 Å². The molecular formula is C11H9Cl2NO2. The number of rotatable bonds is 2. The van der Waals surface area contributed by atoms with E-state index < -0.39 is 0 Å². The summed E-state index contributed by atoms with van der Waals surface area (Å²) in [7, 11) is 0. The van der Waals surface area contributed by atoms with Crippen LogP contribution in [0, 0.1) is 5.92 Å². The minimum Gasteiger partial charge on any atom is -0.296 e. The highest BCUT2D eigenvalue weighted by molar-refractivity contribution is 6.42. The monoisotopic (exact) mass is 257 g/mol. The number of carbonyl (C=O) groups excluding carboxylic acids is 2. The number of amides is 2. The normalized spacial score (nSPS) is 20.0. The van der Waals surface area contributed by atoms with Crippen LogP contribution >= 0.6 is 23.2 Å². The van der Waals surface area contributed by atoms with Gasteiger partial charge in [0.25, 0.3) is 0 Å². The fourth-order valence-electron chi connectivity index (χ4n) is 1.72. The molecule has 0 aromatic heterocycles. The highest BCUT2D eigenvalue weighted by Gasteiger charge is 2.30. The van der Waals surface area contributed by atoms with Gasteiger partial charge in [-0.2, -0.15) is 0 Å². The van der Waals surface area contributed by atoms with Gasteiger partial charge in [-0.05, 0) is 24.1 Å². The number of nitrogens with one attached hydrogen (secondary N) is 1. The minimum atomic E-state index is -0.287. The molecule has 16 heavy (non-hydrogen) atoms. The predicted octanol–water partition coefficient (Wildman–Crippen LogP) is 2.20. The van der Waals surface area contributed by atoms with E-state index in [2.05, 4.69) is 5.32 Å². The summed E-state index contributed by atoms with van der Waals surface area (Å²) >= 11 is 11.6. The van der Waals surface area contributed by atoms with Crippen LogP contribution in [0.4, 0.5) is 0 Å². The van der Waals surface area contributed by atoms with E-state index in [1.54, 1.807) is 12.1 Å². The average Bonchev–Trinajstić information content (AvgIpc) is 2.51. The number of hydrogen-bond acceptors (Lipinski definition) is 2. The fraction of sp³-hybridized carbons (Fsp3) is 0.273. The molecule has 1 N–H and O–H groups in total. The molecule has 2 rings (SSSR count). The molecule has 1 aliphatic heterocycles. The molecule has 5 heteroatoms. The van der Waals surface area contributed by atoms with Gasteiger partial charge in [-0.1, -0.05) is 29.3 Å². The third-order valence-electron chi connectivity index (χ3n) is 2.53. The maximum absolute atomic E-state index is 11.3. The lowest BCUT2D eigenvalue weighted by molar-refractivity contribution is -0.125. The number of halogens is 2. The van der Waals surface area contributed by atoms with Crippen molar-refractivity contribution in [1.82, 2.24) is 5.32 Å². The molecule has 3 nitrogen and oxygen atoms in total. The van der Waals surface area contributed by atoms with Crippen LogP contribution < -0.4 is 5.32 Å². The molecule has 1 fully saturated rings. The van der Waals surface area contributed by atoms with Crippen LogP contribution in [0.3, 0.4) is 0 Å². The Hall–Kier alpha value is -1.06. The smallest absolute Gasteiger partial charge is 0.230 e. The van der Waals surface area contributed by atoms with Crippen LogP contribution in [0.15, 0.2) is 18.2 Å². The van der Waals surface area contributed by atoms with E-state index in [1.165, 1.54) is 0 Å². The standard InChI is InChI=1S/C11H9Cl2NO2/c12-8-2-1-6(4-9(8)13)3-7-5-10(15)14-11(7)16/h1-2,4,7H,3,5H2,(H,14,15,16). The molecule has 0 bridgehead atoms. The van der Waals surface area contributed by atoms with E-state index in [0.717, 1.165) is 5.56 Å². The van der Waals surface area contributed by atoms with Gasteiger partial charge in [-0.3, -0.25) is 14.9 Å². The van der Waals surface area contributed by atoms with Crippen molar-refractivity contribution in [2.75, 3.05) is 0 Å². The molecule has 0 saturated carbocycles. The van der Waals surface area contributed by atoms with Crippen LogP contribution in [-0.4, -0.2) is 11.8 Å². The summed E-state index contributed by atoms with van der Waals surface area (Å²) in [6.07, 6.45) is 0.757. The van der Waals surface area contributed by atoms with E-state index in [4.69, 9.17) is 23.2 Å². The Balaban J connectivity index is 2.12. The molecule has 1 aromatic rings. The highest BCUT2D eigenvalue weighted by Crippen LogP contribution is 2.25. The van der Waals surface area contributed by atoms with Crippen LogP contribution in [0.25, 0.3) is 0 Å². The lowest BCUT2D eigenvalue weighted by Gasteiger charge is -2.06. The molecular weight excluding hydrogens is 249 g/mol. The van der Waals surface area contributed by atoms with Crippen LogP contribution in [-0.2, 0) is 16.0 Å².